The molecule has 2 rings (SSSR count). The Hall–Kier alpha value is -2.15. The fourth-order valence-corrected chi connectivity index (χ4v) is 2.49. The summed E-state index contributed by atoms with van der Waals surface area (Å²) in [4.78, 5) is 14.2. The molecule has 0 bridgehead atoms. The Bertz CT molecular complexity index is 676. The van der Waals surface area contributed by atoms with Crippen molar-refractivity contribution in [2.24, 2.45) is 0 Å². The number of para-hydroxylation sites is 1. The van der Waals surface area contributed by atoms with Gasteiger partial charge in [-0.1, -0.05) is 18.2 Å². The van der Waals surface area contributed by atoms with Gasteiger partial charge in [0.2, 0.25) is 0 Å². The quantitative estimate of drug-likeness (QED) is 0.836. The van der Waals surface area contributed by atoms with E-state index in [1.807, 2.05) is 0 Å². The van der Waals surface area contributed by atoms with Crippen molar-refractivity contribution < 1.29 is 18.3 Å². The van der Waals surface area contributed by atoms with E-state index < -0.39 is 16.1 Å². The van der Waals surface area contributed by atoms with Gasteiger partial charge in [-0.3, -0.25) is 4.98 Å². The molecule has 2 aromatic rings. The lowest BCUT2D eigenvalue weighted by molar-refractivity contribution is 0.201. The van der Waals surface area contributed by atoms with E-state index in [-0.39, 0.29) is 10.4 Å². The molecule has 1 aromatic carbocycles. The van der Waals surface area contributed by atoms with Crippen molar-refractivity contribution in [2.75, 3.05) is 0 Å². The third-order valence-corrected chi connectivity index (χ3v) is 3.46. The number of rotatable bonds is 2. The molecule has 0 aliphatic rings. The molecule has 17 heavy (non-hydrogen) atoms. The molecule has 0 aliphatic carbocycles. The molecule has 7 heteroatoms. The lowest BCUT2D eigenvalue weighted by Crippen LogP contribution is -2.29. The molecule has 0 saturated heterocycles. The Morgan fingerprint density at radius 3 is 2.65 bits per heavy atom. The Morgan fingerprint density at radius 2 is 1.94 bits per heavy atom. The van der Waals surface area contributed by atoms with Crippen LogP contribution in [0.25, 0.3) is 10.9 Å². The topological polar surface area (TPSA) is 96.4 Å². The maximum absolute atomic E-state index is 11.7. The highest BCUT2D eigenvalue weighted by Gasteiger charge is 2.20. The summed E-state index contributed by atoms with van der Waals surface area (Å²) in [6, 6.07) is 7.90. The van der Waals surface area contributed by atoms with Crippen molar-refractivity contribution in [1.82, 2.24) is 9.71 Å². The molecule has 0 aliphatic heterocycles. The Balaban J connectivity index is 2.67. The normalized spacial score (nSPS) is 11.3. The van der Waals surface area contributed by atoms with Crippen LogP contribution in [-0.2, 0) is 10.0 Å². The number of pyridine rings is 1. The van der Waals surface area contributed by atoms with Crippen molar-refractivity contribution in [2.45, 2.75) is 4.90 Å². The maximum Gasteiger partial charge on any atom is 0.418 e. The number of hydrogen-bond donors (Lipinski definition) is 2. The summed E-state index contributed by atoms with van der Waals surface area (Å²) >= 11 is 0. The Morgan fingerprint density at radius 1 is 1.24 bits per heavy atom. The van der Waals surface area contributed by atoms with Crippen molar-refractivity contribution >= 4 is 27.0 Å². The van der Waals surface area contributed by atoms with Crippen LogP contribution in [0.5, 0.6) is 0 Å². The molecule has 0 saturated carbocycles. The van der Waals surface area contributed by atoms with Gasteiger partial charge in [-0.05, 0) is 12.1 Å². The summed E-state index contributed by atoms with van der Waals surface area (Å²) in [6.45, 7) is 0. The number of amides is 1. The zero-order valence-corrected chi connectivity index (χ0v) is 9.31. The number of aromatic nitrogens is 1. The zero-order chi connectivity index (χ0) is 12.5. The summed E-state index contributed by atoms with van der Waals surface area (Å²) in [5.74, 6) is 0. The van der Waals surface area contributed by atoms with Crippen LogP contribution in [0.4, 0.5) is 4.79 Å². The fourth-order valence-electron chi connectivity index (χ4n) is 1.46. The smallest absolute Gasteiger partial charge is 0.418 e. The van der Waals surface area contributed by atoms with E-state index in [1.54, 1.807) is 18.2 Å². The van der Waals surface area contributed by atoms with Gasteiger partial charge in [0.25, 0.3) is 10.0 Å². The lowest BCUT2D eigenvalue weighted by atomic mass is 10.2. The number of hydrogen-bond acceptors (Lipinski definition) is 4. The number of carboxylic acid groups (broad SMARTS) is 1. The Kier molecular flexibility index (Phi) is 2.68. The summed E-state index contributed by atoms with van der Waals surface area (Å²) < 4.78 is 24.9. The van der Waals surface area contributed by atoms with Gasteiger partial charge in [-0.25, -0.2) is 17.9 Å². The van der Waals surface area contributed by atoms with E-state index >= 15 is 0 Å². The summed E-state index contributed by atoms with van der Waals surface area (Å²) in [5.41, 5.74) is 0.240. The maximum atomic E-state index is 11.7. The SMILES string of the molecule is O=C(O)NS(=O)(=O)c1cccc2cccnc12. The van der Waals surface area contributed by atoms with Gasteiger partial charge in [0.05, 0.1) is 5.52 Å². The molecule has 1 heterocycles. The molecule has 0 atom stereocenters. The summed E-state index contributed by atoms with van der Waals surface area (Å²) in [7, 11) is -4.10. The first kappa shape index (κ1) is 11.3. The monoisotopic (exact) mass is 252 g/mol. The van der Waals surface area contributed by atoms with Crippen LogP contribution in [0.15, 0.2) is 41.4 Å². The average Bonchev–Trinajstić information content (AvgIpc) is 2.26. The van der Waals surface area contributed by atoms with Gasteiger partial charge in [-0.15, -0.1) is 0 Å². The summed E-state index contributed by atoms with van der Waals surface area (Å²) in [6.07, 6.45) is -0.180. The number of nitrogens with one attached hydrogen (secondary N) is 1. The lowest BCUT2D eigenvalue weighted by Gasteiger charge is -2.06. The first-order valence-electron chi connectivity index (χ1n) is 4.60. The predicted molar refractivity (Wildman–Crippen MR) is 60.1 cm³/mol. The van der Waals surface area contributed by atoms with Gasteiger partial charge >= 0.3 is 6.09 Å². The molecule has 0 radical (unpaired) electrons. The van der Waals surface area contributed by atoms with Crippen molar-refractivity contribution in [3.05, 3.63) is 36.5 Å². The molecule has 0 spiro atoms. The number of carbonyl (C=O) groups is 1. The van der Waals surface area contributed by atoms with E-state index in [2.05, 4.69) is 4.98 Å². The molecule has 1 aromatic heterocycles. The number of benzene rings is 1. The van der Waals surface area contributed by atoms with Crippen LogP contribution in [0.1, 0.15) is 0 Å². The minimum absolute atomic E-state index is 0.155. The third kappa shape index (κ3) is 2.18. The largest absolute Gasteiger partial charge is 0.464 e. The van der Waals surface area contributed by atoms with Crippen LogP contribution in [0.3, 0.4) is 0 Å². The zero-order valence-electron chi connectivity index (χ0n) is 8.49. The van der Waals surface area contributed by atoms with E-state index in [0.29, 0.717) is 5.39 Å². The van der Waals surface area contributed by atoms with Crippen LogP contribution < -0.4 is 4.72 Å². The van der Waals surface area contributed by atoms with Gasteiger partial charge < -0.3 is 5.11 Å². The second-order valence-corrected chi connectivity index (χ2v) is 4.89. The molecule has 6 nitrogen and oxygen atoms in total. The molecule has 2 N–H and O–H groups in total. The average molecular weight is 252 g/mol. The van der Waals surface area contributed by atoms with Crippen LogP contribution in [0, 0.1) is 0 Å². The van der Waals surface area contributed by atoms with Crippen molar-refractivity contribution in [3.8, 4) is 0 Å². The van der Waals surface area contributed by atoms with E-state index in [1.165, 1.54) is 23.1 Å². The van der Waals surface area contributed by atoms with Crippen molar-refractivity contribution in [3.63, 3.8) is 0 Å². The molecule has 0 fully saturated rings. The van der Waals surface area contributed by atoms with E-state index in [4.69, 9.17) is 5.11 Å². The van der Waals surface area contributed by atoms with E-state index in [0.717, 1.165) is 0 Å². The van der Waals surface area contributed by atoms with Gasteiger partial charge in [0, 0.05) is 11.6 Å². The fraction of sp³-hybridized carbons (Fsp3) is 0. The van der Waals surface area contributed by atoms with Gasteiger partial charge in [-0.2, -0.15) is 0 Å². The standard InChI is InChI=1S/C10H8N2O4S/c13-10(14)12-17(15,16)8-5-1-3-7-4-2-6-11-9(7)8/h1-6,12H,(H,13,14). The van der Waals surface area contributed by atoms with Crippen LogP contribution in [0.2, 0.25) is 0 Å². The predicted octanol–water partition coefficient (Wildman–Crippen LogP) is 1.19. The molecular formula is C10H8N2O4S. The third-order valence-electron chi connectivity index (χ3n) is 2.11. The first-order chi connectivity index (χ1) is 8.00. The Labute approximate surface area is 97.0 Å². The van der Waals surface area contributed by atoms with Crippen LogP contribution >= 0.6 is 0 Å². The minimum Gasteiger partial charge on any atom is -0.464 e. The second-order valence-electron chi connectivity index (χ2n) is 3.24. The van der Waals surface area contributed by atoms with E-state index in [9.17, 15) is 13.2 Å². The van der Waals surface area contributed by atoms with Crippen LogP contribution in [-0.4, -0.2) is 24.6 Å². The molecule has 0 unspecified atom stereocenters. The minimum atomic E-state index is -4.10. The first-order valence-corrected chi connectivity index (χ1v) is 6.08. The number of sulfonamides is 1. The van der Waals surface area contributed by atoms with Crippen molar-refractivity contribution in [1.29, 1.82) is 0 Å². The molecular weight excluding hydrogens is 244 g/mol. The highest BCUT2D eigenvalue weighted by atomic mass is 32.2. The second kappa shape index (κ2) is 4.02. The van der Waals surface area contributed by atoms with Gasteiger partial charge in [0.15, 0.2) is 0 Å². The number of fused-ring (bicyclic) bond motifs is 1. The highest BCUT2D eigenvalue weighted by molar-refractivity contribution is 7.90. The van der Waals surface area contributed by atoms with Gasteiger partial charge in [0.1, 0.15) is 4.90 Å². The molecule has 88 valence electrons. The highest BCUT2D eigenvalue weighted by Crippen LogP contribution is 2.20. The number of nitrogens with zero attached hydrogens (tertiary/aromatic N) is 1. The molecule has 1 amide bonds. The summed E-state index contributed by atoms with van der Waals surface area (Å²) in [5, 5.41) is 9.10.